The van der Waals surface area contributed by atoms with E-state index in [1.165, 1.54) is 29.2 Å². The van der Waals surface area contributed by atoms with Crippen LogP contribution >= 0.6 is 0 Å². The minimum Gasteiger partial charge on any atom is -0.478 e. The summed E-state index contributed by atoms with van der Waals surface area (Å²) in [7, 11) is 12.2. The van der Waals surface area contributed by atoms with E-state index in [0.717, 1.165) is 81.3 Å². The maximum absolute atomic E-state index is 12.2. The zero-order valence-corrected chi connectivity index (χ0v) is 49.6. The number of epoxide rings is 6. The molecule has 77 heavy (non-hydrogen) atoms. The minimum atomic E-state index is -0.920. The maximum atomic E-state index is 12.2. The molecule has 3 aliphatic carbocycles. The number of allylic oxidation sites excluding steroid dienone is 3. The van der Waals surface area contributed by atoms with Gasteiger partial charge in [0, 0.05) is 67.7 Å². The second kappa shape index (κ2) is 25.5. The smallest absolute Gasteiger partial charge is 0.328 e. The van der Waals surface area contributed by atoms with Crippen LogP contribution in [0.3, 0.4) is 0 Å². The van der Waals surface area contributed by atoms with E-state index in [1.807, 2.05) is 0 Å². The highest BCUT2D eigenvalue weighted by molar-refractivity contribution is 5.88. The van der Waals surface area contributed by atoms with Gasteiger partial charge in [-0.05, 0) is 137 Å². The van der Waals surface area contributed by atoms with Gasteiger partial charge in [-0.2, -0.15) is 0 Å². The molecule has 0 unspecified atom stereocenters. The number of rotatable bonds is 15. The first-order valence-corrected chi connectivity index (χ1v) is 27.9. The van der Waals surface area contributed by atoms with Crippen molar-refractivity contribution in [2.45, 2.75) is 218 Å². The first kappa shape index (κ1) is 64.3. The summed E-state index contributed by atoms with van der Waals surface area (Å²) in [4.78, 5) is 38.7. The third-order valence-electron chi connectivity index (χ3n) is 17.3. The van der Waals surface area contributed by atoms with Crippen LogP contribution in [-0.2, 0) is 57.0 Å². The molecule has 15 nitrogen and oxygen atoms in total. The molecule has 9 rings (SSSR count). The molecule has 0 bridgehead atoms. The Morgan fingerprint density at radius 3 is 0.974 bits per heavy atom. The van der Waals surface area contributed by atoms with Gasteiger partial charge in [-0.3, -0.25) is 9.59 Å². The number of hydrogen-bond donors (Lipinski definition) is 1. The van der Waals surface area contributed by atoms with Gasteiger partial charge >= 0.3 is 5.97 Å². The number of nitrogens with zero attached hydrogens (tertiary/aromatic N) is 2. The second-order valence-corrected chi connectivity index (χ2v) is 24.6. The number of carboxylic acids is 1. The lowest BCUT2D eigenvalue weighted by molar-refractivity contribution is -0.131. The van der Waals surface area contributed by atoms with Crippen molar-refractivity contribution in [3.63, 3.8) is 0 Å². The summed E-state index contributed by atoms with van der Waals surface area (Å²) in [6.45, 7) is 25.5. The summed E-state index contributed by atoms with van der Waals surface area (Å²) >= 11 is 0. The minimum absolute atomic E-state index is 0. The number of amides is 2. The van der Waals surface area contributed by atoms with Crippen LogP contribution in [-0.4, -0.2) is 172 Å². The Balaban J connectivity index is 0.000000206. The number of likely N-dealkylation sites (N-methyl/N-ethyl adjacent to an activating group) is 2. The molecule has 3 spiro atoms. The van der Waals surface area contributed by atoms with Crippen molar-refractivity contribution < 1.29 is 62.1 Å². The molecule has 9 aliphatic rings. The molecule has 1 N–H and O–H groups in total. The standard InChI is InChI=1S/2C20H31NO4.C18H26O5.C3H8.CH4/c2*1-13(2)7-8-15-19(3,25-15)18-17(23-6)14(11-16(22)21(4)5)9-10-20(18)12-24-20;1-11(2)5-6-13-17(3,23-13)16-15(21-4)12(9-14(19)20)7-8-18(16)10-22-18;1-3-2;/h2*7,11,15,17-18H,8-10,12H2,1-6H3;5,9,13,15-16H,6-8,10H2,1-4H3,(H,19,20);3H2,1-2H3;1H4/t2*15-,17-,18-,19+,20+;13-,15-,16-,17+,18+;;/m111../s1. The first-order valence-electron chi connectivity index (χ1n) is 27.9. The quantitative estimate of drug-likeness (QED) is 0.0931. The van der Waals surface area contributed by atoms with E-state index in [9.17, 15) is 14.4 Å². The van der Waals surface area contributed by atoms with Crippen LogP contribution in [0.1, 0.15) is 148 Å². The van der Waals surface area contributed by atoms with Crippen molar-refractivity contribution in [3.05, 3.63) is 69.9 Å². The Morgan fingerprint density at radius 1 is 0.532 bits per heavy atom. The maximum Gasteiger partial charge on any atom is 0.328 e. The van der Waals surface area contributed by atoms with Crippen LogP contribution in [0.25, 0.3) is 0 Å². The van der Waals surface area contributed by atoms with E-state index >= 15 is 0 Å². The fourth-order valence-electron chi connectivity index (χ4n) is 12.7. The molecule has 0 aromatic rings. The number of carbonyl (C=O) groups excluding carboxylic acids is 2. The summed E-state index contributed by atoms with van der Waals surface area (Å²) < 4.78 is 53.6. The Labute approximate surface area is 463 Å². The molecule has 436 valence electrons. The monoisotopic (exact) mass is 1080 g/mol. The van der Waals surface area contributed by atoms with Crippen molar-refractivity contribution in [2.75, 3.05) is 69.3 Å². The zero-order valence-electron chi connectivity index (χ0n) is 49.6. The molecule has 0 aromatic heterocycles. The van der Waals surface area contributed by atoms with Crippen LogP contribution in [0.4, 0.5) is 0 Å². The normalized spacial score (nSPS) is 39.8. The molecular weight excluding hydrogens is 981 g/mol. The lowest BCUT2D eigenvalue weighted by atomic mass is 9.67. The van der Waals surface area contributed by atoms with Gasteiger partial charge in [0.1, 0.15) is 33.6 Å². The molecule has 6 heterocycles. The van der Waals surface area contributed by atoms with Crippen LogP contribution in [0.15, 0.2) is 69.9 Å². The molecule has 15 heteroatoms. The molecule has 15 atom stereocenters. The molecular formula is C62H100N2O13. The number of methoxy groups -OCH3 is 3. The summed E-state index contributed by atoms with van der Waals surface area (Å²) in [6, 6.07) is 0. The van der Waals surface area contributed by atoms with Crippen LogP contribution in [0, 0.1) is 17.8 Å². The highest BCUT2D eigenvalue weighted by atomic mass is 16.6. The highest BCUT2D eigenvalue weighted by Crippen LogP contribution is 2.63. The van der Waals surface area contributed by atoms with Crippen molar-refractivity contribution >= 4 is 17.8 Å². The molecule has 0 radical (unpaired) electrons. The molecule has 3 saturated carbocycles. The average Bonchev–Trinajstić information content (AvgIpc) is 4.06. The Morgan fingerprint density at radius 2 is 0.779 bits per heavy atom. The van der Waals surface area contributed by atoms with Gasteiger partial charge in [0.05, 0.1) is 74.2 Å². The summed E-state index contributed by atoms with van der Waals surface area (Å²) in [6.07, 6.45) is 20.4. The number of hydrogen-bond acceptors (Lipinski definition) is 12. The molecule has 9 fully saturated rings. The topological polar surface area (TPSA) is 181 Å². The Kier molecular flexibility index (Phi) is 21.3. The summed E-state index contributed by atoms with van der Waals surface area (Å²) in [5.41, 5.74) is 5.51. The van der Waals surface area contributed by atoms with Gasteiger partial charge in [0.2, 0.25) is 11.8 Å². The summed E-state index contributed by atoms with van der Waals surface area (Å²) in [5.74, 6) is -0.629. The predicted octanol–water partition coefficient (Wildman–Crippen LogP) is 10.2. The first-order chi connectivity index (χ1) is 35.7. The van der Waals surface area contributed by atoms with E-state index < -0.39 is 5.97 Å². The molecule has 2 amide bonds. The predicted molar refractivity (Wildman–Crippen MR) is 301 cm³/mol. The fraction of sp³-hybridized carbons (Fsp3) is 0.758. The zero-order chi connectivity index (χ0) is 56.3. The number of ether oxygens (including phenoxy) is 9. The van der Waals surface area contributed by atoms with Gasteiger partial charge in [0.25, 0.3) is 0 Å². The molecule has 6 aliphatic heterocycles. The molecule has 0 aromatic carbocycles. The average molecular weight is 1080 g/mol. The van der Waals surface area contributed by atoms with E-state index in [4.69, 9.17) is 47.7 Å². The van der Waals surface area contributed by atoms with Gasteiger partial charge in [0.15, 0.2) is 0 Å². The van der Waals surface area contributed by atoms with Gasteiger partial charge < -0.3 is 57.5 Å². The van der Waals surface area contributed by atoms with Crippen LogP contribution in [0.2, 0.25) is 0 Å². The highest BCUT2D eigenvalue weighted by Gasteiger charge is 2.73. The van der Waals surface area contributed by atoms with Gasteiger partial charge in [-0.1, -0.05) is 62.6 Å². The molecule has 6 saturated heterocycles. The number of carboxylic acid groups (broad SMARTS) is 1. The third-order valence-corrected chi connectivity index (χ3v) is 17.3. The van der Waals surface area contributed by atoms with E-state index in [-0.39, 0.29) is 107 Å². The van der Waals surface area contributed by atoms with Crippen molar-refractivity contribution in [2.24, 2.45) is 17.8 Å². The lowest BCUT2D eigenvalue weighted by Gasteiger charge is -2.40. The van der Waals surface area contributed by atoms with E-state index in [0.29, 0.717) is 13.0 Å². The van der Waals surface area contributed by atoms with Crippen molar-refractivity contribution in [1.29, 1.82) is 0 Å². The van der Waals surface area contributed by atoms with Crippen molar-refractivity contribution in [3.8, 4) is 0 Å². The third kappa shape index (κ3) is 14.5. The number of aliphatic carboxylic acids is 1. The van der Waals surface area contributed by atoms with Crippen LogP contribution < -0.4 is 0 Å². The SMILES string of the molecule is C.CCC.CO[C@@H]1C(=CC(=O)N(C)C)CC[C@]2(CO2)[C@H]1[C@@]1(C)O[C@@H]1CC=C(C)C.CO[C@@H]1C(=CC(=O)N(C)C)CC[C@]2(CO2)[C@H]1[C@@]1(C)O[C@@H]1CC=C(C)C.CO[C@@H]1C(=CC(=O)O)CC[C@]2(CO2)[C@H]1[C@@]1(C)O[C@@H]1CC=C(C)C. The Hall–Kier alpha value is -3.51. The lowest BCUT2D eigenvalue weighted by Crippen LogP contribution is -2.50. The second-order valence-electron chi connectivity index (χ2n) is 24.6. The largest absolute Gasteiger partial charge is 0.478 e. The fourth-order valence-corrected chi connectivity index (χ4v) is 12.7. The van der Waals surface area contributed by atoms with E-state index in [2.05, 4.69) is 94.4 Å². The van der Waals surface area contributed by atoms with Gasteiger partial charge in [-0.15, -0.1) is 0 Å². The van der Waals surface area contributed by atoms with Crippen molar-refractivity contribution in [1.82, 2.24) is 9.80 Å². The van der Waals surface area contributed by atoms with Crippen LogP contribution in [0.5, 0.6) is 0 Å². The summed E-state index contributed by atoms with van der Waals surface area (Å²) in [5, 5.41) is 9.12. The number of carbonyl (C=O) groups is 3. The van der Waals surface area contributed by atoms with E-state index in [1.54, 1.807) is 71.5 Å². The van der Waals surface area contributed by atoms with Gasteiger partial charge in [-0.25, -0.2) is 4.79 Å². The Bertz CT molecular complexity index is 2170.